The maximum atomic E-state index is 5.79. The van der Waals surface area contributed by atoms with Crippen molar-refractivity contribution in [2.45, 2.75) is 0 Å². The summed E-state index contributed by atoms with van der Waals surface area (Å²) in [5.41, 5.74) is 0.516. The molecule has 0 atom stereocenters. The first-order valence-corrected chi connectivity index (χ1v) is 3.95. The Labute approximate surface area is 78.1 Å². The Bertz CT molecular complexity index is 436. The van der Waals surface area contributed by atoms with E-state index in [4.69, 9.17) is 23.2 Å². The lowest BCUT2D eigenvalue weighted by molar-refractivity contribution is 0.775. The second-order valence-electron chi connectivity index (χ2n) is 2.32. The fraction of sp³-hybridized carbons (Fsp3) is 0.167. The van der Waals surface area contributed by atoms with E-state index < -0.39 is 0 Å². The lowest BCUT2D eigenvalue weighted by atomic mass is 10.4. The molecule has 0 unspecified atom stereocenters. The Hall–Kier alpha value is -0.870. The van der Waals surface area contributed by atoms with Crippen LogP contribution in [0.3, 0.4) is 0 Å². The summed E-state index contributed by atoms with van der Waals surface area (Å²) in [5.74, 6) is 0. The van der Waals surface area contributed by atoms with Gasteiger partial charge in [0.15, 0.2) is 5.65 Å². The quantitative estimate of drug-likeness (QED) is 0.483. The molecular weight excluding hydrogens is 199 g/mol. The Morgan fingerprint density at radius 1 is 1.33 bits per heavy atom. The van der Waals surface area contributed by atoms with Crippen LogP contribution in [0.5, 0.6) is 0 Å². The van der Waals surface area contributed by atoms with Crippen LogP contribution in [0.15, 0.2) is 6.20 Å². The van der Waals surface area contributed by atoms with E-state index in [0.29, 0.717) is 16.2 Å². The molecule has 4 nitrogen and oxygen atoms in total. The zero-order valence-corrected chi connectivity index (χ0v) is 7.63. The van der Waals surface area contributed by atoms with Crippen molar-refractivity contribution < 1.29 is 0 Å². The van der Waals surface area contributed by atoms with Gasteiger partial charge in [0.25, 0.3) is 0 Å². The van der Waals surface area contributed by atoms with Gasteiger partial charge in [0.2, 0.25) is 5.28 Å². The summed E-state index contributed by atoms with van der Waals surface area (Å²) in [6.07, 6.45) is 1.74. The zero-order valence-electron chi connectivity index (χ0n) is 6.12. The number of aryl methyl sites for hydroxylation is 1. The smallest absolute Gasteiger partial charge is 0.225 e. The van der Waals surface area contributed by atoms with Crippen LogP contribution in [0.1, 0.15) is 0 Å². The van der Waals surface area contributed by atoms with Crippen molar-refractivity contribution in [1.82, 2.24) is 19.7 Å². The molecule has 0 radical (unpaired) electrons. The van der Waals surface area contributed by atoms with Gasteiger partial charge < -0.3 is 0 Å². The van der Waals surface area contributed by atoms with Gasteiger partial charge in [-0.2, -0.15) is 10.1 Å². The van der Waals surface area contributed by atoms with Gasteiger partial charge in [-0.1, -0.05) is 11.6 Å². The van der Waals surface area contributed by atoms with E-state index in [1.165, 1.54) is 0 Å². The summed E-state index contributed by atoms with van der Waals surface area (Å²) < 4.78 is 1.61. The molecule has 0 aliphatic carbocycles. The van der Waals surface area contributed by atoms with E-state index in [1.807, 2.05) is 0 Å². The standard InChI is InChI=1S/C6H4Cl2N4/c1-12-2-3-4(7)9-6(8)10-5(3)11-12/h2H,1H3. The van der Waals surface area contributed by atoms with E-state index in [0.717, 1.165) is 0 Å². The molecule has 0 spiro atoms. The van der Waals surface area contributed by atoms with Crippen molar-refractivity contribution in [1.29, 1.82) is 0 Å². The summed E-state index contributed by atoms with van der Waals surface area (Å²) in [4.78, 5) is 7.68. The van der Waals surface area contributed by atoms with Gasteiger partial charge in [0, 0.05) is 13.2 Å². The highest BCUT2D eigenvalue weighted by molar-refractivity contribution is 6.35. The lowest BCUT2D eigenvalue weighted by Crippen LogP contribution is -1.87. The predicted octanol–water partition coefficient (Wildman–Crippen LogP) is 1.67. The normalized spacial score (nSPS) is 10.9. The zero-order chi connectivity index (χ0) is 8.72. The highest BCUT2D eigenvalue weighted by atomic mass is 35.5. The van der Waals surface area contributed by atoms with Crippen molar-refractivity contribution in [2.75, 3.05) is 0 Å². The van der Waals surface area contributed by atoms with Crippen LogP contribution in [-0.2, 0) is 7.05 Å². The fourth-order valence-corrected chi connectivity index (χ4v) is 1.38. The molecule has 0 aliphatic rings. The first-order valence-electron chi connectivity index (χ1n) is 3.19. The van der Waals surface area contributed by atoms with Crippen molar-refractivity contribution in [3.8, 4) is 0 Å². The van der Waals surface area contributed by atoms with Gasteiger partial charge in [-0.15, -0.1) is 0 Å². The van der Waals surface area contributed by atoms with Gasteiger partial charge in [-0.25, -0.2) is 4.98 Å². The highest BCUT2D eigenvalue weighted by Crippen LogP contribution is 2.19. The average Bonchev–Trinajstić information content (AvgIpc) is 2.29. The van der Waals surface area contributed by atoms with E-state index in [-0.39, 0.29) is 5.28 Å². The molecule has 0 fully saturated rings. The van der Waals surface area contributed by atoms with Crippen molar-refractivity contribution in [2.24, 2.45) is 7.05 Å². The molecule has 0 saturated heterocycles. The Morgan fingerprint density at radius 2 is 2.08 bits per heavy atom. The largest absolute Gasteiger partial charge is 0.273 e. The minimum absolute atomic E-state index is 0.117. The molecule has 0 amide bonds. The topological polar surface area (TPSA) is 43.6 Å². The third kappa shape index (κ3) is 1.13. The predicted molar refractivity (Wildman–Crippen MR) is 46.3 cm³/mol. The van der Waals surface area contributed by atoms with E-state index in [9.17, 15) is 0 Å². The third-order valence-corrected chi connectivity index (χ3v) is 1.88. The second kappa shape index (κ2) is 2.57. The van der Waals surface area contributed by atoms with E-state index in [1.54, 1.807) is 17.9 Å². The third-order valence-electron chi connectivity index (χ3n) is 1.42. The number of nitrogens with zero attached hydrogens (tertiary/aromatic N) is 4. The lowest BCUT2D eigenvalue weighted by Gasteiger charge is -1.90. The second-order valence-corrected chi connectivity index (χ2v) is 3.02. The Balaban J connectivity index is 2.88. The molecule has 0 bridgehead atoms. The molecule has 62 valence electrons. The van der Waals surface area contributed by atoms with Crippen LogP contribution in [0.25, 0.3) is 11.0 Å². The van der Waals surface area contributed by atoms with Gasteiger partial charge in [0.05, 0.1) is 5.39 Å². The molecule has 0 aliphatic heterocycles. The molecular formula is C6H4Cl2N4. The first-order chi connectivity index (χ1) is 5.66. The minimum Gasteiger partial charge on any atom is -0.273 e. The monoisotopic (exact) mass is 202 g/mol. The number of hydrogen-bond acceptors (Lipinski definition) is 3. The summed E-state index contributed by atoms with van der Waals surface area (Å²) in [6.45, 7) is 0. The van der Waals surface area contributed by atoms with Gasteiger partial charge in [-0.05, 0) is 11.6 Å². The summed E-state index contributed by atoms with van der Waals surface area (Å²) in [5, 5.41) is 5.19. The van der Waals surface area contributed by atoms with Crippen molar-refractivity contribution >= 4 is 34.2 Å². The number of hydrogen-bond donors (Lipinski definition) is 0. The van der Waals surface area contributed by atoms with Gasteiger partial charge >= 0.3 is 0 Å². The van der Waals surface area contributed by atoms with Crippen molar-refractivity contribution in [3.63, 3.8) is 0 Å². The molecule has 0 aromatic carbocycles. The summed E-state index contributed by atoms with van der Waals surface area (Å²) >= 11 is 11.4. The SMILES string of the molecule is Cn1cc2c(Cl)nc(Cl)nc2n1. The van der Waals surface area contributed by atoms with Gasteiger partial charge in [0.1, 0.15) is 5.15 Å². The van der Waals surface area contributed by atoms with E-state index >= 15 is 0 Å². The van der Waals surface area contributed by atoms with Crippen LogP contribution in [0, 0.1) is 0 Å². The Morgan fingerprint density at radius 3 is 2.83 bits per heavy atom. The minimum atomic E-state index is 0.117. The molecule has 6 heteroatoms. The number of halogens is 2. The highest BCUT2D eigenvalue weighted by Gasteiger charge is 2.06. The molecule has 12 heavy (non-hydrogen) atoms. The van der Waals surface area contributed by atoms with Crippen molar-refractivity contribution in [3.05, 3.63) is 16.6 Å². The van der Waals surface area contributed by atoms with Crippen LogP contribution < -0.4 is 0 Å². The number of rotatable bonds is 0. The fourth-order valence-electron chi connectivity index (χ4n) is 0.958. The number of aromatic nitrogens is 4. The van der Waals surface area contributed by atoms with Gasteiger partial charge in [-0.3, -0.25) is 4.68 Å². The molecule has 0 saturated carbocycles. The molecule has 2 rings (SSSR count). The van der Waals surface area contributed by atoms with Crippen LogP contribution in [0.2, 0.25) is 10.4 Å². The maximum Gasteiger partial charge on any atom is 0.225 e. The summed E-state index contributed by atoms with van der Waals surface area (Å²) in [6, 6.07) is 0. The van der Waals surface area contributed by atoms with Crippen LogP contribution >= 0.6 is 23.2 Å². The average molecular weight is 203 g/mol. The van der Waals surface area contributed by atoms with Crippen LogP contribution in [-0.4, -0.2) is 19.7 Å². The molecule has 2 heterocycles. The molecule has 2 aromatic heterocycles. The Kier molecular flexibility index (Phi) is 1.66. The maximum absolute atomic E-state index is 5.79. The molecule has 2 aromatic rings. The first kappa shape index (κ1) is 7.76. The molecule has 0 N–H and O–H groups in total. The number of fused-ring (bicyclic) bond motifs is 1. The summed E-state index contributed by atoms with van der Waals surface area (Å²) in [7, 11) is 1.78. The van der Waals surface area contributed by atoms with Crippen LogP contribution in [0.4, 0.5) is 0 Å². The van der Waals surface area contributed by atoms with E-state index in [2.05, 4.69) is 15.1 Å².